The quantitative estimate of drug-likeness (QED) is 0.463. The van der Waals surface area contributed by atoms with E-state index in [1.807, 2.05) is 0 Å². The zero-order chi connectivity index (χ0) is 15.3. The van der Waals surface area contributed by atoms with Crippen molar-refractivity contribution in [1.29, 1.82) is 0 Å². The number of aromatic nitrogens is 4. The fraction of sp³-hybridized carbons (Fsp3) is 0.545. The van der Waals surface area contributed by atoms with Crippen molar-refractivity contribution in [3.63, 3.8) is 0 Å². The van der Waals surface area contributed by atoms with Crippen molar-refractivity contribution >= 4 is 11.2 Å². The third kappa shape index (κ3) is 1.92. The van der Waals surface area contributed by atoms with Crippen LogP contribution in [0.5, 0.6) is 0 Å². The van der Waals surface area contributed by atoms with Crippen molar-refractivity contribution in [1.82, 2.24) is 19.1 Å². The summed E-state index contributed by atoms with van der Waals surface area (Å²) in [5.74, 6) is 0. The summed E-state index contributed by atoms with van der Waals surface area (Å²) in [5.41, 5.74) is -1.13. The Kier molecular flexibility index (Phi) is 3.17. The van der Waals surface area contributed by atoms with E-state index < -0.39 is 42.4 Å². The fourth-order valence-corrected chi connectivity index (χ4v) is 2.38. The van der Waals surface area contributed by atoms with Gasteiger partial charge in [0, 0.05) is 7.05 Å². The standard InChI is InChI=1S/C11H14N4O6/c1-14-9(19)5-8(13-11(14)20)15(3-12-5)10-7(18)6(17)4(2-16)21-10/h3-4,6-7,10,16-18H,2H2,1H3,(H,13,20)/t4-,6+,7-,10-/m1/s1. The van der Waals surface area contributed by atoms with E-state index in [4.69, 9.17) is 9.84 Å². The molecule has 4 atom stereocenters. The highest BCUT2D eigenvalue weighted by Gasteiger charge is 2.43. The van der Waals surface area contributed by atoms with Gasteiger partial charge in [-0.1, -0.05) is 0 Å². The second kappa shape index (κ2) is 4.77. The molecule has 0 saturated carbocycles. The number of rotatable bonds is 2. The largest absolute Gasteiger partial charge is 0.394 e. The van der Waals surface area contributed by atoms with Crippen LogP contribution in [0.15, 0.2) is 15.9 Å². The number of fused-ring (bicyclic) bond motifs is 1. The molecule has 0 unspecified atom stereocenters. The smallest absolute Gasteiger partial charge is 0.329 e. The maximum Gasteiger partial charge on any atom is 0.329 e. The van der Waals surface area contributed by atoms with Crippen LogP contribution in [0.2, 0.25) is 0 Å². The minimum atomic E-state index is -1.33. The number of aliphatic hydroxyl groups excluding tert-OH is 3. The number of nitrogens with one attached hydrogen (secondary N) is 1. The second-order valence-electron chi connectivity index (χ2n) is 4.87. The van der Waals surface area contributed by atoms with Crippen LogP contribution < -0.4 is 11.2 Å². The first-order chi connectivity index (χ1) is 9.95. The average Bonchev–Trinajstić information content (AvgIpc) is 2.99. The van der Waals surface area contributed by atoms with E-state index in [1.54, 1.807) is 0 Å². The van der Waals surface area contributed by atoms with E-state index in [9.17, 15) is 19.8 Å². The van der Waals surface area contributed by atoms with Crippen molar-refractivity contribution in [3.8, 4) is 0 Å². The lowest BCUT2D eigenvalue weighted by molar-refractivity contribution is -0.0511. The summed E-state index contributed by atoms with van der Waals surface area (Å²) in [6.45, 7) is -0.473. The maximum atomic E-state index is 11.9. The van der Waals surface area contributed by atoms with Gasteiger partial charge in [-0.2, -0.15) is 0 Å². The zero-order valence-corrected chi connectivity index (χ0v) is 11.0. The van der Waals surface area contributed by atoms with Gasteiger partial charge in [0.2, 0.25) is 0 Å². The zero-order valence-electron chi connectivity index (χ0n) is 11.0. The van der Waals surface area contributed by atoms with Gasteiger partial charge >= 0.3 is 5.69 Å². The molecule has 1 saturated heterocycles. The lowest BCUT2D eigenvalue weighted by atomic mass is 10.1. The number of H-pyrrole nitrogens is 1. The third-order valence-electron chi connectivity index (χ3n) is 3.62. The number of aliphatic hydroxyl groups is 3. The molecule has 3 rings (SSSR count). The summed E-state index contributed by atoms with van der Waals surface area (Å²) in [4.78, 5) is 29.9. The monoisotopic (exact) mass is 298 g/mol. The molecule has 10 nitrogen and oxygen atoms in total. The Morgan fingerprint density at radius 1 is 1.38 bits per heavy atom. The van der Waals surface area contributed by atoms with Crippen LogP contribution >= 0.6 is 0 Å². The molecule has 4 N–H and O–H groups in total. The molecule has 1 aliphatic rings. The molecule has 0 aromatic carbocycles. The van der Waals surface area contributed by atoms with E-state index in [0.717, 1.165) is 4.57 Å². The SMILES string of the molecule is Cn1c(=O)[nH]c2c(ncn2[C@@H]2O[C@H](CO)[C@H](O)[C@H]2O)c1=O. The van der Waals surface area contributed by atoms with Gasteiger partial charge in [0.05, 0.1) is 12.9 Å². The fourth-order valence-electron chi connectivity index (χ4n) is 2.38. The molecule has 0 spiro atoms. The van der Waals surface area contributed by atoms with Crippen molar-refractivity contribution in [2.75, 3.05) is 6.61 Å². The van der Waals surface area contributed by atoms with Gasteiger partial charge in [-0.25, -0.2) is 9.78 Å². The number of aromatic amines is 1. The van der Waals surface area contributed by atoms with E-state index in [1.165, 1.54) is 17.9 Å². The average molecular weight is 298 g/mol. The summed E-state index contributed by atoms with van der Waals surface area (Å²) < 4.78 is 7.46. The van der Waals surface area contributed by atoms with Gasteiger partial charge in [0.25, 0.3) is 5.56 Å². The summed E-state index contributed by atoms with van der Waals surface area (Å²) in [5, 5.41) is 28.8. The maximum absolute atomic E-state index is 11.9. The topological polar surface area (TPSA) is 143 Å². The van der Waals surface area contributed by atoms with Gasteiger partial charge in [-0.15, -0.1) is 0 Å². The second-order valence-corrected chi connectivity index (χ2v) is 4.87. The molecule has 0 amide bonds. The van der Waals surface area contributed by atoms with E-state index in [-0.39, 0.29) is 11.2 Å². The first-order valence-electron chi connectivity index (χ1n) is 6.24. The highest BCUT2D eigenvalue weighted by Crippen LogP contribution is 2.30. The Bertz CT molecular complexity index is 792. The Morgan fingerprint density at radius 3 is 2.71 bits per heavy atom. The van der Waals surface area contributed by atoms with Crippen LogP contribution in [0.25, 0.3) is 11.2 Å². The van der Waals surface area contributed by atoms with E-state index in [2.05, 4.69) is 9.97 Å². The summed E-state index contributed by atoms with van der Waals surface area (Å²) in [6, 6.07) is 0. The van der Waals surface area contributed by atoms with Crippen LogP contribution in [0.3, 0.4) is 0 Å². The third-order valence-corrected chi connectivity index (χ3v) is 3.62. The number of nitrogens with zero attached hydrogens (tertiary/aromatic N) is 3. The van der Waals surface area contributed by atoms with Crippen LogP contribution in [0.4, 0.5) is 0 Å². The molecule has 0 bridgehead atoms. The molecule has 21 heavy (non-hydrogen) atoms. The molecular formula is C11H14N4O6. The molecule has 2 aromatic rings. The first kappa shape index (κ1) is 13.9. The van der Waals surface area contributed by atoms with Crippen LogP contribution in [0.1, 0.15) is 6.23 Å². The van der Waals surface area contributed by atoms with Crippen LogP contribution in [0, 0.1) is 0 Å². The van der Waals surface area contributed by atoms with Crippen molar-refractivity contribution in [2.45, 2.75) is 24.5 Å². The Hall–Kier alpha value is -2.01. The van der Waals surface area contributed by atoms with Gasteiger partial charge in [-0.3, -0.25) is 18.9 Å². The lowest BCUT2D eigenvalue weighted by Gasteiger charge is -2.16. The molecule has 1 aliphatic heterocycles. The molecule has 0 aliphatic carbocycles. The number of hydrogen-bond acceptors (Lipinski definition) is 7. The Morgan fingerprint density at radius 2 is 2.10 bits per heavy atom. The van der Waals surface area contributed by atoms with Crippen LogP contribution in [-0.4, -0.2) is 59.3 Å². The van der Waals surface area contributed by atoms with Gasteiger partial charge in [0.1, 0.15) is 24.0 Å². The number of ether oxygens (including phenoxy) is 1. The van der Waals surface area contributed by atoms with Crippen molar-refractivity contribution < 1.29 is 20.1 Å². The Balaban J connectivity index is 2.15. The van der Waals surface area contributed by atoms with Crippen LogP contribution in [-0.2, 0) is 11.8 Å². The van der Waals surface area contributed by atoms with Gasteiger partial charge in [-0.05, 0) is 0 Å². The van der Waals surface area contributed by atoms with E-state index >= 15 is 0 Å². The first-order valence-corrected chi connectivity index (χ1v) is 6.24. The molecule has 2 aromatic heterocycles. The molecule has 114 valence electrons. The highest BCUT2D eigenvalue weighted by molar-refractivity contribution is 5.69. The van der Waals surface area contributed by atoms with Crippen molar-refractivity contribution in [3.05, 3.63) is 27.2 Å². The van der Waals surface area contributed by atoms with Gasteiger partial charge in [0.15, 0.2) is 11.7 Å². The Labute approximate surface area is 116 Å². The van der Waals surface area contributed by atoms with E-state index in [0.29, 0.717) is 0 Å². The van der Waals surface area contributed by atoms with Crippen molar-refractivity contribution in [2.24, 2.45) is 7.05 Å². The predicted octanol–water partition coefficient (Wildman–Crippen LogP) is -2.97. The highest BCUT2D eigenvalue weighted by atomic mass is 16.6. The normalized spacial score (nSPS) is 29.3. The summed E-state index contributed by atoms with van der Waals surface area (Å²) in [7, 11) is 1.31. The summed E-state index contributed by atoms with van der Waals surface area (Å²) >= 11 is 0. The number of imidazole rings is 1. The minimum Gasteiger partial charge on any atom is -0.394 e. The molecule has 1 fully saturated rings. The molecule has 0 radical (unpaired) electrons. The molecule has 10 heteroatoms. The molecule has 3 heterocycles. The predicted molar refractivity (Wildman–Crippen MR) is 68.6 cm³/mol. The minimum absolute atomic E-state index is 0.00911. The molecular weight excluding hydrogens is 284 g/mol. The summed E-state index contributed by atoms with van der Waals surface area (Å²) in [6.07, 6.45) is -3.41. The number of hydrogen-bond donors (Lipinski definition) is 4. The van der Waals surface area contributed by atoms with Gasteiger partial charge < -0.3 is 20.1 Å². The lowest BCUT2D eigenvalue weighted by Crippen LogP contribution is -2.34.